The number of nitrogens with zero attached hydrogens (tertiary/aromatic N) is 2. The maximum absolute atomic E-state index is 12.3. The third kappa shape index (κ3) is 5.25. The van der Waals surface area contributed by atoms with Gasteiger partial charge in [-0.1, -0.05) is 35.9 Å². The highest BCUT2D eigenvalue weighted by Gasteiger charge is 2.08. The van der Waals surface area contributed by atoms with Crippen molar-refractivity contribution < 1.29 is 14.3 Å². The molecule has 2 aromatic carbocycles. The number of pyridine rings is 1. The van der Waals surface area contributed by atoms with E-state index in [2.05, 4.69) is 10.3 Å². The van der Waals surface area contributed by atoms with Gasteiger partial charge in [-0.2, -0.15) is 0 Å². The Morgan fingerprint density at radius 2 is 1.91 bits per heavy atom. The molecule has 1 N–H and O–H groups in total. The van der Waals surface area contributed by atoms with Crippen molar-refractivity contribution >= 4 is 28.8 Å². The minimum atomic E-state index is -0.332. The lowest BCUT2D eigenvalue weighted by molar-refractivity contribution is -0.118. The zero-order valence-electron chi connectivity index (χ0n) is 17.2. The molecule has 2 heterocycles. The number of fused-ring (bicyclic) bond motifs is 1. The Balaban J connectivity index is 1.37. The molecule has 0 atom stereocenters. The highest BCUT2D eigenvalue weighted by Crippen LogP contribution is 2.23. The predicted molar refractivity (Wildman–Crippen MR) is 123 cm³/mol. The van der Waals surface area contributed by atoms with E-state index in [1.165, 1.54) is 10.5 Å². The van der Waals surface area contributed by atoms with Crippen LogP contribution >= 0.6 is 11.6 Å². The minimum Gasteiger partial charge on any atom is -0.487 e. The Morgan fingerprint density at radius 3 is 2.75 bits per heavy atom. The molecule has 1 amide bonds. The first-order chi connectivity index (χ1) is 15.5. The number of amides is 1. The summed E-state index contributed by atoms with van der Waals surface area (Å²) < 4.78 is 12.7. The number of carbonyl (C=O) groups is 1. The van der Waals surface area contributed by atoms with E-state index in [1.54, 1.807) is 60.8 Å². The number of ether oxygens (including phenoxy) is 2. The molecule has 0 saturated heterocycles. The fraction of sp³-hybridized carbons (Fsp3) is 0.125. The molecule has 4 rings (SSSR count). The Morgan fingerprint density at radius 1 is 1.06 bits per heavy atom. The van der Waals surface area contributed by atoms with Crippen LogP contribution in [-0.2, 0) is 11.4 Å². The minimum absolute atomic E-state index is 0.118. The van der Waals surface area contributed by atoms with Crippen molar-refractivity contribution in [3.8, 4) is 11.5 Å². The maximum atomic E-state index is 12.3. The Kier molecular flexibility index (Phi) is 6.37. The van der Waals surface area contributed by atoms with Crippen LogP contribution < -0.4 is 20.3 Å². The molecule has 8 heteroatoms. The second-order valence-corrected chi connectivity index (χ2v) is 7.51. The number of carbonyl (C=O) groups excluding carboxylic acids is 1. The third-order valence-corrected chi connectivity index (χ3v) is 4.87. The van der Waals surface area contributed by atoms with Gasteiger partial charge in [-0.25, -0.2) is 4.98 Å². The zero-order valence-corrected chi connectivity index (χ0v) is 18.0. The van der Waals surface area contributed by atoms with Gasteiger partial charge in [0, 0.05) is 24.0 Å². The summed E-state index contributed by atoms with van der Waals surface area (Å²) in [6, 6.07) is 19.0. The van der Waals surface area contributed by atoms with Crippen molar-refractivity contribution in [1.82, 2.24) is 9.38 Å². The number of benzene rings is 2. The van der Waals surface area contributed by atoms with Crippen LogP contribution in [0.4, 0.5) is 5.69 Å². The molecule has 0 radical (unpaired) electrons. The van der Waals surface area contributed by atoms with Crippen molar-refractivity contribution in [3.05, 3.63) is 99.6 Å². The molecule has 4 aromatic rings. The van der Waals surface area contributed by atoms with E-state index >= 15 is 0 Å². The molecule has 0 saturated carbocycles. The van der Waals surface area contributed by atoms with Crippen molar-refractivity contribution in [2.75, 3.05) is 11.9 Å². The number of hydrogen-bond donors (Lipinski definition) is 1. The van der Waals surface area contributed by atoms with E-state index < -0.39 is 0 Å². The Hall–Kier alpha value is -3.84. The molecule has 32 heavy (non-hydrogen) atoms. The summed E-state index contributed by atoms with van der Waals surface area (Å²) in [6.45, 7) is 1.85. The molecule has 0 bridgehead atoms. The van der Waals surface area contributed by atoms with Crippen LogP contribution in [-0.4, -0.2) is 21.9 Å². The highest BCUT2D eigenvalue weighted by atomic mass is 35.5. The van der Waals surface area contributed by atoms with Gasteiger partial charge in [0.05, 0.1) is 10.7 Å². The van der Waals surface area contributed by atoms with Crippen molar-refractivity contribution in [2.45, 2.75) is 13.5 Å². The SMILES string of the molecule is Cc1ccc2nc(COc3cccc(NC(=O)COc4ccccc4Cl)c3)cc(=O)n2c1. The summed E-state index contributed by atoms with van der Waals surface area (Å²) in [7, 11) is 0. The van der Waals surface area contributed by atoms with Crippen LogP contribution in [0.15, 0.2) is 77.7 Å². The topological polar surface area (TPSA) is 81.9 Å². The van der Waals surface area contributed by atoms with E-state index in [0.717, 1.165) is 5.56 Å². The first-order valence-electron chi connectivity index (χ1n) is 9.87. The van der Waals surface area contributed by atoms with E-state index in [0.29, 0.717) is 33.6 Å². The van der Waals surface area contributed by atoms with Crippen LogP contribution in [0.1, 0.15) is 11.3 Å². The van der Waals surface area contributed by atoms with Gasteiger partial charge in [0.15, 0.2) is 6.61 Å². The molecule has 7 nitrogen and oxygen atoms in total. The van der Waals surface area contributed by atoms with Crippen LogP contribution in [0.2, 0.25) is 5.02 Å². The fourth-order valence-corrected chi connectivity index (χ4v) is 3.25. The average Bonchev–Trinajstić information content (AvgIpc) is 2.78. The van der Waals surface area contributed by atoms with Gasteiger partial charge >= 0.3 is 0 Å². The average molecular weight is 450 g/mol. The lowest BCUT2D eigenvalue weighted by atomic mass is 10.3. The van der Waals surface area contributed by atoms with Gasteiger partial charge in [-0.3, -0.25) is 14.0 Å². The summed E-state index contributed by atoms with van der Waals surface area (Å²) in [4.78, 5) is 29.0. The molecular formula is C24H20ClN3O4. The number of halogens is 1. The number of anilines is 1. The smallest absolute Gasteiger partial charge is 0.262 e. The highest BCUT2D eigenvalue weighted by molar-refractivity contribution is 6.32. The van der Waals surface area contributed by atoms with Gasteiger partial charge in [-0.15, -0.1) is 0 Å². The lowest BCUT2D eigenvalue weighted by Gasteiger charge is -2.11. The van der Waals surface area contributed by atoms with Crippen molar-refractivity contribution in [3.63, 3.8) is 0 Å². The standard InChI is InChI=1S/C24H20ClN3O4/c1-16-9-10-22-26-18(12-24(30)28(22)13-16)14-31-19-6-4-5-17(11-19)27-23(29)15-32-21-8-3-2-7-20(21)25/h2-13H,14-15H2,1H3,(H,27,29). The van der Waals surface area contributed by atoms with Gasteiger partial charge in [0.25, 0.3) is 11.5 Å². The van der Waals surface area contributed by atoms with Crippen LogP contribution in [0.5, 0.6) is 11.5 Å². The quantitative estimate of drug-likeness (QED) is 0.456. The monoisotopic (exact) mass is 449 g/mol. The zero-order chi connectivity index (χ0) is 22.5. The van der Waals surface area contributed by atoms with Crippen LogP contribution in [0.3, 0.4) is 0 Å². The second-order valence-electron chi connectivity index (χ2n) is 7.10. The summed E-state index contributed by atoms with van der Waals surface area (Å²) in [6.07, 6.45) is 1.75. The largest absolute Gasteiger partial charge is 0.487 e. The molecule has 162 valence electrons. The van der Waals surface area contributed by atoms with E-state index in [-0.39, 0.29) is 24.7 Å². The first kappa shape index (κ1) is 21.4. The molecular weight excluding hydrogens is 430 g/mol. The molecule has 0 unspecified atom stereocenters. The van der Waals surface area contributed by atoms with Gasteiger partial charge < -0.3 is 14.8 Å². The summed E-state index contributed by atoms with van der Waals surface area (Å²) >= 11 is 6.02. The normalized spacial score (nSPS) is 10.7. The van der Waals surface area contributed by atoms with Crippen LogP contribution in [0, 0.1) is 6.92 Å². The predicted octanol–water partition coefficient (Wildman–Crippen LogP) is 4.25. The molecule has 2 aromatic heterocycles. The number of aromatic nitrogens is 2. The molecule has 0 aliphatic rings. The summed E-state index contributed by atoms with van der Waals surface area (Å²) in [5.41, 5.74) is 2.43. The number of aryl methyl sites for hydroxylation is 1. The lowest BCUT2D eigenvalue weighted by Crippen LogP contribution is -2.20. The van der Waals surface area contributed by atoms with E-state index in [4.69, 9.17) is 21.1 Å². The molecule has 0 aliphatic heterocycles. The van der Waals surface area contributed by atoms with Gasteiger partial charge in [0.2, 0.25) is 0 Å². The summed E-state index contributed by atoms with van der Waals surface area (Å²) in [5.74, 6) is 0.637. The maximum Gasteiger partial charge on any atom is 0.262 e. The van der Waals surface area contributed by atoms with E-state index in [9.17, 15) is 9.59 Å². The molecule has 0 fully saturated rings. The van der Waals surface area contributed by atoms with Crippen molar-refractivity contribution in [2.24, 2.45) is 0 Å². The van der Waals surface area contributed by atoms with Crippen molar-refractivity contribution in [1.29, 1.82) is 0 Å². The second kappa shape index (κ2) is 9.53. The number of hydrogen-bond acceptors (Lipinski definition) is 5. The van der Waals surface area contributed by atoms with Gasteiger partial charge in [0.1, 0.15) is 23.8 Å². The number of nitrogens with one attached hydrogen (secondary N) is 1. The summed E-state index contributed by atoms with van der Waals surface area (Å²) in [5, 5.41) is 3.19. The Labute approximate surface area is 189 Å². The number of para-hydroxylation sites is 1. The first-order valence-corrected chi connectivity index (χ1v) is 10.2. The molecule has 0 spiro atoms. The van der Waals surface area contributed by atoms with Crippen LogP contribution in [0.25, 0.3) is 5.65 Å². The third-order valence-electron chi connectivity index (χ3n) is 4.56. The fourth-order valence-electron chi connectivity index (χ4n) is 3.06. The van der Waals surface area contributed by atoms with E-state index in [1.807, 2.05) is 13.0 Å². The van der Waals surface area contributed by atoms with Gasteiger partial charge in [-0.05, 0) is 42.8 Å². The Bertz CT molecular complexity index is 1340. The number of rotatable bonds is 7. The molecule has 0 aliphatic carbocycles.